The molecular formula is C13H18N2O3S. The molecule has 0 fully saturated rings. The zero-order chi connectivity index (χ0) is 14.3. The molecule has 0 radical (unpaired) electrons. The van der Waals surface area contributed by atoms with Gasteiger partial charge in [-0.1, -0.05) is 30.3 Å². The maximum absolute atomic E-state index is 11.6. The van der Waals surface area contributed by atoms with E-state index in [-0.39, 0.29) is 0 Å². The van der Waals surface area contributed by atoms with Gasteiger partial charge in [0, 0.05) is 11.5 Å². The molecule has 1 aromatic rings. The molecule has 0 heterocycles. The van der Waals surface area contributed by atoms with Crippen molar-refractivity contribution in [2.75, 3.05) is 5.75 Å². The summed E-state index contributed by atoms with van der Waals surface area (Å²) in [5, 5.41) is 11.0. The molecule has 0 bridgehead atoms. The summed E-state index contributed by atoms with van der Waals surface area (Å²) in [6, 6.07) is 8.25. The number of rotatable bonds is 7. The van der Waals surface area contributed by atoms with Crippen LogP contribution in [0.2, 0.25) is 0 Å². The van der Waals surface area contributed by atoms with Crippen LogP contribution in [-0.4, -0.2) is 34.8 Å². The van der Waals surface area contributed by atoms with Crippen molar-refractivity contribution in [1.82, 2.24) is 5.32 Å². The molecule has 0 spiro atoms. The van der Waals surface area contributed by atoms with Gasteiger partial charge in [-0.05, 0) is 12.5 Å². The summed E-state index contributed by atoms with van der Waals surface area (Å²) in [5.74, 6) is -0.281. The third kappa shape index (κ3) is 5.76. The first-order chi connectivity index (χ1) is 9.00. The van der Waals surface area contributed by atoms with E-state index in [1.165, 1.54) is 12.5 Å². The van der Waals surface area contributed by atoms with E-state index in [0.717, 1.165) is 5.75 Å². The second kappa shape index (κ2) is 7.81. The molecule has 5 nitrogen and oxygen atoms in total. The third-order valence-electron chi connectivity index (χ3n) is 2.47. The van der Waals surface area contributed by atoms with Crippen LogP contribution in [0.25, 0.3) is 0 Å². The number of carbonyl (C=O) groups is 2. The summed E-state index contributed by atoms with van der Waals surface area (Å²) in [4.78, 5) is 22.2. The minimum atomic E-state index is -1.07. The number of benzene rings is 1. The maximum atomic E-state index is 11.6. The molecule has 1 aromatic carbocycles. The summed E-state index contributed by atoms with van der Waals surface area (Å²) < 4.78 is 0. The van der Waals surface area contributed by atoms with Crippen molar-refractivity contribution in [1.29, 1.82) is 0 Å². The predicted molar refractivity (Wildman–Crippen MR) is 75.8 cm³/mol. The van der Waals surface area contributed by atoms with E-state index < -0.39 is 24.0 Å². The topological polar surface area (TPSA) is 92.4 Å². The quantitative estimate of drug-likeness (QED) is 0.689. The molecule has 0 aromatic heterocycles. The lowest BCUT2D eigenvalue weighted by atomic mass is 10.2. The second-order valence-corrected chi connectivity index (χ2v) is 5.21. The van der Waals surface area contributed by atoms with Gasteiger partial charge in [0.2, 0.25) is 5.91 Å². The fraction of sp³-hybridized carbons (Fsp3) is 0.385. The zero-order valence-electron chi connectivity index (χ0n) is 10.7. The smallest absolute Gasteiger partial charge is 0.325 e. The molecule has 104 valence electrons. The lowest BCUT2D eigenvalue weighted by Crippen LogP contribution is -2.48. The Kier molecular flexibility index (Phi) is 6.38. The highest BCUT2D eigenvalue weighted by Gasteiger charge is 2.19. The Hall–Kier alpha value is -1.53. The van der Waals surface area contributed by atoms with Crippen LogP contribution in [0.5, 0.6) is 0 Å². The Morgan fingerprint density at radius 1 is 1.37 bits per heavy atom. The minimum absolute atomic E-state index is 0.435. The highest BCUT2D eigenvalue weighted by atomic mass is 32.2. The van der Waals surface area contributed by atoms with Crippen molar-refractivity contribution < 1.29 is 14.7 Å². The van der Waals surface area contributed by atoms with Gasteiger partial charge in [0.15, 0.2) is 0 Å². The molecular weight excluding hydrogens is 264 g/mol. The zero-order valence-corrected chi connectivity index (χ0v) is 11.5. The molecule has 0 saturated heterocycles. The lowest BCUT2D eigenvalue weighted by Gasteiger charge is -2.14. The number of hydrogen-bond donors (Lipinski definition) is 3. The lowest BCUT2D eigenvalue weighted by molar-refractivity contribution is -0.141. The van der Waals surface area contributed by atoms with Crippen LogP contribution in [0, 0.1) is 0 Å². The molecule has 0 aliphatic carbocycles. The van der Waals surface area contributed by atoms with Gasteiger partial charge in [-0.2, -0.15) is 11.8 Å². The summed E-state index contributed by atoms with van der Waals surface area (Å²) >= 11 is 1.54. The van der Waals surface area contributed by atoms with Crippen LogP contribution in [0.3, 0.4) is 0 Å². The minimum Gasteiger partial charge on any atom is -0.480 e. The van der Waals surface area contributed by atoms with Crippen molar-refractivity contribution in [2.24, 2.45) is 5.73 Å². The average Bonchev–Trinajstić information content (AvgIpc) is 2.39. The van der Waals surface area contributed by atoms with E-state index in [4.69, 9.17) is 10.8 Å². The first kappa shape index (κ1) is 15.5. The van der Waals surface area contributed by atoms with Gasteiger partial charge in [-0.3, -0.25) is 9.59 Å². The van der Waals surface area contributed by atoms with E-state index in [1.54, 1.807) is 11.8 Å². The summed E-state index contributed by atoms with van der Waals surface area (Å²) in [7, 11) is 0. The number of carboxylic acids is 1. The van der Waals surface area contributed by atoms with Gasteiger partial charge in [0.25, 0.3) is 0 Å². The Balaban J connectivity index is 2.29. The average molecular weight is 282 g/mol. The third-order valence-corrected chi connectivity index (χ3v) is 3.61. The number of nitrogens with one attached hydrogen (secondary N) is 1. The molecule has 1 amide bonds. The summed E-state index contributed by atoms with van der Waals surface area (Å²) in [5.41, 5.74) is 6.87. The highest BCUT2D eigenvalue weighted by molar-refractivity contribution is 7.98. The van der Waals surface area contributed by atoms with Gasteiger partial charge in [0.1, 0.15) is 6.04 Å². The van der Waals surface area contributed by atoms with Gasteiger partial charge < -0.3 is 16.2 Å². The molecule has 1 rings (SSSR count). The highest BCUT2D eigenvalue weighted by Crippen LogP contribution is 2.12. The van der Waals surface area contributed by atoms with E-state index in [2.05, 4.69) is 5.32 Å². The van der Waals surface area contributed by atoms with Crippen LogP contribution in [0.15, 0.2) is 30.3 Å². The van der Waals surface area contributed by atoms with Crippen molar-refractivity contribution in [3.05, 3.63) is 35.9 Å². The van der Waals surface area contributed by atoms with Crippen LogP contribution in [0.4, 0.5) is 0 Å². The fourth-order valence-electron chi connectivity index (χ4n) is 1.34. The van der Waals surface area contributed by atoms with Gasteiger partial charge >= 0.3 is 5.97 Å². The van der Waals surface area contributed by atoms with Crippen molar-refractivity contribution in [3.63, 3.8) is 0 Å². The Morgan fingerprint density at radius 3 is 2.58 bits per heavy atom. The molecule has 4 N–H and O–H groups in total. The van der Waals surface area contributed by atoms with E-state index in [9.17, 15) is 9.59 Å². The molecule has 19 heavy (non-hydrogen) atoms. The van der Waals surface area contributed by atoms with E-state index in [0.29, 0.717) is 5.75 Å². The number of hydrogen-bond acceptors (Lipinski definition) is 4. The first-order valence-electron chi connectivity index (χ1n) is 5.91. The molecule has 6 heteroatoms. The van der Waals surface area contributed by atoms with Crippen LogP contribution in [-0.2, 0) is 15.3 Å². The van der Waals surface area contributed by atoms with Gasteiger partial charge in [0.05, 0.1) is 6.04 Å². The van der Waals surface area contributed by atoms with E-state index in [1.807, 2.05) is 30.3 Å². The number of thioether (sulfide) groups is 1. The fourth-order valence-corrected chi connectivity index (χ4v) is 2.29. The maximum Gasteiger partial charge on any atom is 0.325 e. The first-order valence-corrected chi connectivity index (χ1v) is 7.06. The standard InChI is InChI=1S/C13H18N2O3S/c1-9(13(17)18)15-12(16)11(14)8-19-7-10-5-3-2-4-6-10/h2-6,9,11H,7-8,14H2,1H3,(H,15,16)(H,17,18)/t9-,11-/m0/s1. The van der Waals surface area contributed by atoms with Gasteiger partial charge in [-0.25, -0.2) is 0 Å². The summed E-state index contributed by atoms with van der Waals surface area (Å²) in [6.45, 7) is 1.41. The van der Waals surface area contributed by atoms with Crippen molar-refractivity contribution in [2.45, 2.75) is 24.8 Å². The van der Waals surface area contributed by atoms with Crippen LogP contribution in [0.1, 0.15) is 12.5 Å². The SMILES string of the molecule is C[C@H](NC(=O)[C@@H](N)CSCc1ccccc1)C(=O)O. The Labute approximate surface area is 116 Å². The normalized spacial score (nSPS) is 13.6. The Morgan fingerprint density at radius 2 is 2.00 bits per heavy atom. The number of nitrogens with two attached hydrogens (primary N) is 1. The molecule has 0 aliphatic rings. The number of aliphatic carboxylic acids is 1. The number of carbonyl (C=O) groups excluding carboxylic acids is 1. The summed E-state index contributed by atoms with van der Waals surface area (Å²) in [6.07, 6.45) is 0. The molecule has 0 unspecified atom stereocenters. The number of amides is 1. The van der Waals surface area contributed by atoms with E-state index >= 15 is 0 Å². The molecule has 0 saturated carbocycles. The predicted octanol–water partition coefficient (Wildman–Crippen LogP) is 0.836. The van der Waals surface area contributed by atoms with Crippen LogP contribution < -0.4 is 11.1 Å². The molecule has 0 aliphatic heterocycles. The van der Waals surface area contributed by atoms with Crippen molar-refractivity contribution >= 4 is 23.6 Å². The van der Waals surface area contributed by atoms with Crippen LogP contribution >= 0.6 is 11.8 Å². The number of carboxylic acid groups (broad SMARTS) is 1. The van der Waals surface area contributed by atoms with Gasteiger partial charge in [-0.15, -0.1) is 0 Å². The molecule has 2 atom stereocenters. The Bertz CT molecular complexity index is 425. The van der Waals surface area contributed by atoms with Crippen molar-refractivity contribution in [3.8, 4) is 0 Å². The largest absolute Gasteiger partial charge is 0.480 e. The monoisotopic (exact) mass is 282 g/mol. The second-order valence-electron chi connectivity index (χ2n) is 4.18.